The van der Waals surface area contributed by atoms with Crippen LogP contribution in [0.15, 0.2) is 24.3 Å². The molecule has 1 saturated heterocycles. The van der Waals surface area contributed by atoms with Gasteiger partial charge >= 0.3 is 6.03 Å². The molecule has 2 amide bonds. The van der Waals surface area contributed by atoms with Gasteiger partial charge in [0.2, 0.25) is 0 Å². The van der Waals surface area contributed by atoms with Gasteiger partial charge < -0.3 is 15.0 Å². The molecule has 116 valence electrons. The second-order valence-electron chi connectivity index (χ2n) is 5.77. The Bertz CT molecular complexity index is 466. The van der Waals surface area contributed by atoms with Crippen molar-refractivity contribution in [3.63, 3.8) is 0 Å². The van der Waals surface area contributed by atoms with Crippen LogP contribution in [0.4, 0.5) is 4.79 Å². The molecule has 1 fully saturated rings. The molecule has 1 aliphatic heterocycles. The highest BCUT2D eigenvalue weighted by Crippen LogP contribution is 2.22. The molecule has 21 heavy (non-hydrogen) atoms. The van der Waals surface area contributed by atoms with Gasteiger partial charge in [-0.25, -0.2) is 4.79 Å². The normalized spacial score (nSPS) is 22.0. The second-order valence-corrected chi connectivity index (χ2v) is 5.77. The van der Waals surface area contributed by atoms with E-state index in [4.69, 9.17) is 4.74 Å². The molecular formula is C17H26N2O2. The predicted molar refractivity (Wildman–Crippen MR) is 84.5 cm³/mol. The van der Waals surface area contributed by atoms with Gasteiger partial charge in [-0.05, 0) is 51.2 Å². The summed E-state index contributed by atoms with van der Waals surface area (Å²) in [5.74, 6) is 0.847. The van der Waals surface area contributed by atoms with Crippen LogP contribution in [0.1, 0.15) is 45.6 Å². The van der Waals surface area contributed by atoms with E-state index < -0.39 is 0 Å². The number of rotatable bonds is 4. The monoisotopic (exact) mass is 290 g/mol. The van der Waals surface area contributed by atoms with Crippen molar-refractivity contribution in [3.05, 3.63) is 29.8 Å². The van der Waals surface area contributed by atoms with Crippen molar-refractivity contribution >= 4 is 6.03 Å². The zero-order valence-corrected chi connectivity index (χ0v) is 13.3. The van der Waals surface area contributed by atoms with Gasteiger partial charge in [0.05, 0.1) is 0 Å². The van der Waals surface area contributed by atoms with E-state index in [-0.39, 0.29) is 12.8 Å². The van der Waals surface area contributed by atoms with Crippen molar-refractivity contribution in [2.45, 2.75) is 58.5 Å². The first kappa shape index (κ1) is 15.7. The lowest BCUT2D eigenvalue weighted by atomic mass is 9.98. The van der Waals surface area contributed by atoms with Crippen LogP contribution in [-0.4, -0.2) is 29.7 Å². The van der Waals surface area contributed by atoms with Gasteiger partial charge in [-0.15, -0.1) is 0 Å². The van der Waals surface area contributed by atoms with Crippen LogP contribution >= 0.6 is 0 Å². The number of carbonyl (C=O) groups is 1. The minimum Gasteiger partial charge on any atom is -0.473 e. The Labute approximate surface area is 127 Å². The molecule has 2 rings (SSSR count). The van der Waals surface area contributed by atoms with Crippen LogP contribution < -0.4 is 10.1 Å². The molecular weight excluding hydrogens is 264 g/mol. The van der Waals surface area contributed by atoms with E-state index in [0.717, 1.165) is 30.6 Å². The van der Waals surface area contributed by atoms with Crippen molar-refractivity contribution in [1.82, 2.24) is 10.2 Å². The van der Waals surface area contributed by atoms with Crippen LogP contribution in [0, 0.1) is 0 Å². The smallest absolute Gasteiger partial charge is 0.320 e. The molecule has 0 bridgehead atoms. The first-order valence-corrected chi connectivity index (χ1v) is 7.90. The molecule has 0 saturated carbocycles. The zero-order valence-electron chi connectivity index (χ0n) is 13.3. The van der Waals surface area contributed by atoms with Crippen LogP contribution in [0.5, 0.6) is 5.75 Å². The number of piperidine rings is 1. The Morgan fingerprint density at radius 1 is 1.29 bits per heavy atom. The fourth-order valence-electron chi connectivity index (χ4n) is 3.03. The number of likely N-dealkylation sites (tertiary alicyclic amines) is 1. The van der Waals surface area contributed by atoms with Crippen LogP contribution in [0.2, 0.25) is 0 Å². The number of nitrogens with one attached hydrogen (secondary N) is 1. The first-order chi connectivity index (χ1) is 10.1. The maximum atomic E-state index is 12.3. The minimum atomic E-state index is -0.0244. The molecule has 0 aromatic heterocycles. The standard InChI is InChI=1S/C17H26N2O2/c1-4-15-10-5-6-11-16(15)21-12-18-17(20)19-13(2)8-7-9-14(19)3/h5-6,10-11,13-14H,4,7-9,12H2,1-3H3,(H,18,20). The summed E-state index contributed by atoms with van der Waals surface area (Å²) in [6, 6.07) is 8.52. The fourth-order valence-corrected chi connectivity index (χ4v) is 3.03. The largest absolute Gasteiger partial charge is 0.473 e. The number of ether oxygens (including phenoxy) is 1. The van der Waals surface area contributed by atoms with Gasteiger partial charge in [0.15, 0.2) is 6.73 Å². The van der Waals surface area contributed by atoms with Gasteiger partial charge in [0.1, 0.15) is 5.75 Å². The summed E-state index contributed by atoms with van der Waals surface area (Å²) >= 11 is 0. The van der Waals surface area contributed by atoms with Gasteiger partial charge in [-0.1, -0.05) is 25.1 Å². The Balaban J connectivity index is 1.86. The van der Waals surface area contributed by atoms with E-state index in [1.165, 1.54) is 6.42 Å². The minimum absolute atomic E-state index is 0.0244. The van der Waals surface area contributed by atoms with Gasteiger partial charge in [0.25, 0.3) is 0 Å². The molecule has 1 aromatic rings. The maximum Gasteiger partial charge on any atom is 0.320 e. The predicted octanol–water partition coefficient (Wildman–Crippen LogP) is 3.56. The quantitative estimate of drug-likeness (QED) is 0.861. The van der Waals surface area contributed by atoms with Gasteiger partial charge in [-0.3, -0.25) is 0 Å². The highest BCUT2D eigenvalue weighted by atomic mass is 16.5. The topological polar surface area (TPSA) is 41.6 Å². The number of benzene rings is 1. The zero-order chi connectivity index (χ0) is 15.2. The van der Waals surface area contributed by atoms with Gasteiger partial charge in [0, 0.05) is 12.1 Å². The summed E-state index contributed by atoms with van der Waals surface area (Å²) in [5.41, 5.74) is 1.16. The van der Waals surface area contributed by atoms with E-state index >= 15 is 0 Å². The summed E-state index contributed by atoms with van der Waals surface area (Å²) in [5, 5.41) is 2.88. The van der Waals surface area contributed by atoms with E-state index in [0.29, 0.717) is 12.1 Å². The summed E-state index contributed by atoms with van der Waals surface area (Å²) in [6.45, 7) is 6.54. The van der Waals surface area contributed by atoms with E-state index in [1.54, 1.807) is 0 Å². The number of urea groups is 1. The summed E-state index contributed by atoms with van der Waals surface area (Å²) in [6.07, 6.45) is 4.28. The molecule has 2 atom stereocenters. The number of amides is 2. The molecule has 0 radical (unpaired) electrons. The molecule has 2 unspecified atom stereocenters. The lowest BCUT2D eigenvalue weighted by Gasteiger charge is -2.38. The number of carbonyl (C=O) groups excluding carboxylic acids is 1. The number of nitrogens with zero attached hydrogens (tertiary/aromatic N) is 1. The molecule has 4 heteroatoms. The molecule has 4 nitrogen and oxygen atoms in total. The molecule has 0 aliphatic carbocycles. The fraction of sp³-hybridized carbons (Fsp3) is 0.588. The number of para-hydroxylation sites is 1. The summed E-state index contributed by atoms with van der Waals surface area (Å²) in [7, 11) is 0. The summed E-state index contributed by atoms with van der Waals surface area (Å²) < 4.78 is 5.70. The molecule has 1 heterocycles. The Hall–Kier alpha value is -1.71. The average molecular weight is 290 g/mol. The Morgan fingerprint density at radius 2 is 1.95 bits per heavy atom. The molecule has 0 spiro atoms. The van der Waals surface area contributed by atoms with Crippen LogP contribution in [0.3, 0.4) is 0 Å². The third-order valence-electron chi connectivity index (χ3n) is 4.23. The van der Waals surface area contributed by atoms with E-state index in [1.807, 2.05) is 29.2 Å². The van der Waals surface area contributed by atoms with Crippen molar-refractivity contribution in [1.29, 1.82) is 0 Å². The molecule has 1 aromatic carbocycles. The summed E-state index contributed by atoms with van der Waals surface area (Å²) in [4.78, 5) is 14.2. The van der Waals surface area contributed by atoms with Crippen molar-refractivity contribution < 1.29 is 9.53 Å². The highest BCUT2D eigenvalue weighted by molar-refractivity contribution is 5.74. The number of hydrogen-bond donors (Lipinski definition) is 1. The molecule has 1 N–H and O–H groups in total. The SMILES string of the molecule is CCc1ccccc1OCNC(=O)N1C(C)CCCC1C. The highest BCUT2D eigenvalue weighted by Gasteiger charge is 2.28. The lowest BCUT2D eigenvalue weighted by Crippen LogP contribution is -2.52. The van der Waals surface area contributed by atoms with Crippen molar-refractivity contribution in [2.75, 3.05) is 6.73 Å². The van der Waals surface area contributed by atoms with E-state index in [2.05, 4.69) is 26.1 Å². The Kier molecular flexibility index (Phi) is 5.48. The lowest BCUT2D eigenvalue weighted by molar-refractivity contribution is 0.117. The third kappa shape index (κ3) is 3.90. The van der Waals surface area contributed by atoms with Crippen molar-refractivity contribution in [3.8, 4) is 5.75 Å². The van der Waals surface area contributed by atoms with Gasteiger partial charge in [-0.2, -0.15) is 0 Å². The maximum absolute atomic E-state index is 12.3. The number of hydrogen-bond acceptors (Lipinski definition) is 2. The average Bonchev–Trinajstić information content (AvgIpc) is 2.47. The Morgan fingerprint density at radius 3 is 2.62 bits per heavy atom. The molecule has 1 aliphatic rings. The second kappa shape index (κ2) is 7.34. The number of aryl methyl sites for hydroxylation is 1. The van der Waals surface area contributed by atoms with Crippen molar-refractivity contribution in [2.24, 2.45) is 0 Å². The van der Waals surface area contributed by atoms with Crippen LogP contribution in [0.25, 0.3) is 0 Å². The third-order valence-corrected chi connectivity index (χ3v) is 4.23. The van der Waals surface area contributed by atoms with E-state index in [9.17, 15) is 4.79 Å². The van der Waals surface area contributed by atoms with Crippen LogP contribution in [-0.2, 0) is 6.42 Å². The first-order valence-electron chi connectivity index (χ1n) is 7.90.